The number of halogens is 1. The Hall–Kier alpha value is -2.78. The van der Waals surface area contributed by atoms with Gasteiger partial charge in [-0.1, -0.05) is 31.0 Å². The molecule has 0 aliphatic heterocycles. The highest BCUT2D eigenvalue weighted by molar-refractivity contribution is 6.28. The lowest BCUT2D eigenvalue weighted by Gasteiger charge is -2.11. The van der Waals surface area contributed by atoms with Crippen LogP contribution in [-0.2, 0) is 11.2 Å². The second-order valence-corrected chi connectivity index (χ2v) is 7.57. The van der Waals surface area contributed by atoms with Crippen molar-refractivity contribution in [1.29, 1.82) is 0 Å². The minimum absolute atomic E-state index is 0.0665. The molecule has 3 aromatic rings. The molecule has 2 aromatic heterocycles. The summed E-state index contributed by atoms with van der Waals surface area (Å²) in [7, 11) is 0. The molecule has 0 bridgehead atoms. The molecule has 134 valence electrons. The van der Waals surface area contributed by atoms with E-state index in [1.165, 1.54) is 12.8 Å². The standard InChI is InChI=1S/C20H16ClN5O/c1-22-12-7-6-11-8-16(27)17(14(11)9-12)18-15-10-26(13-4-2-3-5-13)25-19(15)24-20(21)23-18/h6-7,9-10,13,17H,2-5,8H2. The van der Waals surface area contributed by atoms with Crippen molar-refractivity contribution in [3.05, 3.63) is 57.9 Å². The molecule has 0 radical (unpaired) electrons. The van der Waals surface area contributed by atoms with Crippen molar-refractivity contribution in [2.24, 2.45) is 0 Å². The summed E-state index contributed by atoms with van der Waals surface area (Å²) in [5.41, 5.74) is 3.44. The topological polar surface area (TPSA) is 65.0 Å². The first-order valence-electron chi connectivity index (χ1n) is 9.09. The summed E-state index contributed by atoms with van der Waals surface area (Å²) < 4.78 is 1.96. The lowest BCUT2D eigenvalue weighted by Crippen LogP contribution is -2.11. The van der Waals surface area contributed by atoms with Gasteiger partial charge >= 0.3 is 0 Å². The molecule has 1 unspecified atom stereocenters. The van der Waals surface area contributed by atoms with Crippen LogP contribution in [0.3, 0.4) is 0 Å². The summed E-state index contributed by atoms with van der Waals surface area (Å²) in [6.45, 7) is 7.27. The van der Waals surface area contributed by atoms with Gasteiger partial charge in [0.2, 0.25) is 5.28 Å². The Balaban J connectivity index is 1.69. The largest absolute Gasteiger partial charge is 0.298 e. The van der Waals surface area contributed by atoms with Crippen LogP contribution in [0.15, 0.2) is 24.4 Å². The number of ketones is 1. The molecule has 1 fully saturated rings. The summed E-state index contributed by atoms with van der Waals surface area (Å²) in [5.74, 6) is -0.456. The summed E-state index contributed by atoms with van der Waals surface area (Å²) >= 11 is 6.17. The van der Waals surface area contributed by atoms with Crippen LogP contribution >= 0.6 is 11.6 Å². The minimum Gasteiger partial charge on any atom is -0.298 e. The lowest BCUT2D eigenvalue weighted by atomic mass is 9.95. The number of nitrogens with zero attached hydrogens (tertiary/aromatic N) is 5. The van der Waals surface area contributed by atoms with E-state index in [9.17, 15) is 4.79 Å². The van der Waals surface area contributed by atoms with Gasteiger partial charge in [-0.2, -0.15) is 10.1 Å². The van der Waals surface area contributed by atoms with Gasteiger partial charge < -0.3 is 0 Å². The van der Waals surface area contributed by atoms with E-state index in [-0.39, 0.29) is 11.1 Å². The smallest absolute Gasteiger partial charge is 0.224 e. The van der Waals surface area contributed by atoms with Crippen LogP contribution in [0.5, 0.6) is 0 Å². The first kappa shape index (κ1) is 16.4. The fourth-order valence-electron chi connectivity index (χ4n) is 4.34. The molecule has 1 aromatic carbocycles. The molecular formula is C20H16ClN5O. The first-order valence-corrected chi connectivity index (χ1v) is 9.47. The van der Waals surface area contributed by atoms with Crippen LogP contribution in [0.25, 0.3) is 15.9 Å². The summed E-state index contributed by atoms with van der Waals surface area (Å²) in [4.78, 5) is 25.0. The molecular weight excluding hydrogens is 362 g/mol. The molecule has 1 atom stereocenters. The first-order chi connectivity index (χ1) is 13.1. The zero-order valence-corrected chi connectivity index (χ0v) is 15.3. The van der Waals surface area contributed by atoms with E-state index in [4.69, 9.17) is 18.2 Å². The number of carbonyl (C=O) groups excluding carboxylic acids is 1. The summed E-state index contributed by atoms with van der Waals surface area (Å²) in [5, 5.41) is 5.49. The predicted octanol–water partition coefficient (Wildman–Crippen LogP) is 4.40. The van der Waals surface area contributed by atoms with Gasteiger partial charge in [0.25, 0.3) is 0 Å². The SMILES string of the molecule is [C-]#[N+]c1ccc2c(c1)C(c1nc(Cl)nc3nn(C4CCCC4)cc13)C(=O)C2. The summed E-state index contributed by atoms with van der Waals surface area (Å²) in [6, 6.07) is 5.78. The summed E-state index contributed by atoms with van der Waals surface area (Å²) in [6.07, 6.45) is 6.91. The van der Waals surface area contributed by atoms with Crippen LogP contribution in [-0.4, -0.2) is 25.5 Å². The van der Waals surface area contributed by atoms with E-state index in [2.05, 4.69) is 19.9 Å². The number of aromatic nitrogens is 4. The molecule has 0 amide bonds. The molecule has 2 aliphatic rings. The molecule has 27 heavy (non-hydrogen) atoms. The highest BCUT2D eigenvalue weighted by Crippen LogP contribution is 2.40. The van der Waals surface area contributed by atoms with Gasteiger partial charge in [-0.3, -0.25) is 9.48 Å². The molecule has 1 saturated carbocycles. The number of hydrogen-bond acceptors (Lipinski definition) is 4. The average Bonchev–Trinajstić information content (AvgIpc) is 3.37. The molecule has 2 aliphatic carbocycles. The maximum atomic E-state index is 12.8. The molecule has 5 rings (SSSR count). The van der Waals surface area contributed by atoms with Gasteiger partial charge in [-0.15, -0.1) is 0 Å². The van der Waals surface area contributed by atoms with Crippen LogP contribution in [0.4, 0.5) is 5.69 Å². The fraction of sp³-hybridized carbons (Fsp3) is 0.350. The number of rotatable bonds is 2. The van der Waals surface area contributed by atoms with Crippen LogP contribution < -0.4 is 0 Å². The second-order valence-electron chi connectivity index (χ2n) is 7.23. The predicted molar refractivity (Wildman–Crippen MR) is 101 cm³/mol. The Bertz CT molecular complexity index is 1120. The van der Waals surface area contributed by atoms with E-state index < -0.39 is 5.92 Å². The van der Waals surface area contributed by atoms with Gasteiger partial charge in [-0.05, 0) is 35.6 Å². The van der Waals surface area contributed by atoms with Crippen LogP contribution in [0.1, 0.15) is 54.5 Å². The van der Waals surface area contributed by atoms with Crippen molar-refractivity contribution in [2.75, 3.05) is 0 Å². The number of benzene rings is 1. The third-order valence-corrected chi connectivity index (χ3v) is 5.80. The second kappa shape index (κ2) is 6.14. The number of Topliss-reactive ketones (excluding diaryl/α,β-unsaturated/α-hetero) is 1. The van der Waals surface area contributed by atoms with Crippen molar-refractivity contribution in [3.8, 4) is 0 Å². The van der Waals surface area contributed by atoms with E-state index in [0.29, 0.717) is 29.5 Å². The Morgan fingerprint density at radius 2 is 2.04 bits per heavy atom. The monoisotopic (exact) mass is 377 g/mol. The third kappa shape index (κ3) is 2.62. The van der Waals surface area contributed by atoms with Gasteiger partial charge in [0.15, 0.2) is 17.1 Å². The van der Waals surface area contributed by atoms with E-state index in [1.807, 2.05) is 16.9 Å². The van der Waals surface area contributed by atoms with Crippen LogP contribution in [0, 0.1) is 6.57 Å². The quantitative estimate of drug-likeness (QED) is 0.490. The minimum atomic E-state index is -0.522. The average molecular weight is 378 g/mol. The van der Waals surface area contributed by atoms with Gasteiger partial charge in [0.05, 0.1) is 29.6 Å². The van der Waals surface area contributed by atoms with E-state index in [0.717, 1.165) is 29.4 Å². The Kier molecular flexibility index (Phi) is 3.73. The fourth-order valence-corrected chi connectivity index (χ4v) is 4.51. The van der Waals surface area contributed by atoms with Crippen LogP contribution in [0.2, 0.25) is 5.28 Å². The Morgan fingerprint density at radius 3 is 2.81 bits per heavy atom. The molecule has 2 heterocycles. The number of fused-ring (bicyclic) bond motifs is 2. The van der Waals surface area contributed by atoms with E-state index >= 15 is 0 Å². The van der Waals surface area contributed by atoms with Gasteiger partial charge in [0, 0.05) is 12.6 Å². The molecule has 6 nitrogen and oxygen atoms in total. The normalized spacial score (nSPS) is 19.6. The van der Waals surface area contributed by atoms with E-state index in [1.54, 1.807) is 12.1 Å². The van der Waals surface area contributed by atoms with Crippen molar-refractivity contribution in [3.63, 3.8) is 0 Å². The highest BCUT2D eigenvalue weighted by Gasteiger charge is 2.35. The molecule has 7 heteroatoms. The Morgan fingerprint density at radius 1 is 1.22 bits per heavy atom. The third-order valence-electron chi connectivity index (χ3n) is 5.63. The Labute approximate surface area is 161 Å². The van der Waals surface area contributed by atoms with Gasteiger partial charge in [0.1, 0.15) is 0 Å². The molecule has 0 N–H and O–H groups in total. The van der Waals surface area contributed by atoms with Crippen molar-refractivity contribution in [2.45, 2.75) is 44.1 Å². The van der Waals surface area contributed by atoms with Crippen molar-refractivity contribution < 1.29 is 4.79 Å². The number of hydrogen-bond donors (Lipinski definition) is 0. The maximum absolute atomic E-state index is 12.8. The lowest BCUT2D eigenvalue weighted by molar-refractivity contribution is -0.118. The highest BCUT2D eigenvalue weighted by atomic mass is 35.5. The zero-order valence-electron chi connectivity index (χ0n) is 14.5. The molecule has 0 spiro atoms. The van der Waals surface area contributed by atoms with Crippen molar-refractivity contribution >= 4 is 34.1 Å². The zero-order chi connectivity index (χ0) is 18.5. The maximum Gasteiger partial charge on any atom is 0.224 e. The van der Waals surface area contributed by atoms with Crippen molar-refractivity contribution in [1.82, 2.24) is 19.7 Å². The molecule has 0 saturated heterocycles. The number of carbonyl (C=O) groups is 1. The van der Waals surface area contributed by atoms with Gasteiger partial charge in [-0.25, -0.2) is 9.83 Å².